The van der Waals surface area contributed by atoms with Gasteiger partial charge in [-0.2, -0.15) is 11.8 Å². The van der Waals surface area contributed by atoms with Crippen LogP contribution in [0.25, 0.3) is 0 Å². The molecule has 0 aromatic rings. The van der Waals surface area contributed by atoms with E-state index in [4.69, 9.17) is 0 Å². The van der Waals surface area contributed by atoms with Crippen molar-refractivity contribution in [1.82, 2.24) is 0 Å². The minimum atomic E-state index is -0.596. The summed E-state index contributed by atoms with van der Waals surface area (Å²) in [5.74, 6) is -0.0587. The number of carboxylic acid groups (broad SMARTS) is 1. The van der Waals surface area contributed by atoms with Gasteiger partial charge in [-0.3, -0.25) is 4.79 Å². The third-order valence-electron chi connectivity index (χ3n) is 4.57. The summed E-state index contributed by atoms with van der Waals surface area (Å²) < 4.78 is 0. The van der Waals surface area contributed by atoms with Gasteiger partial charge < -0.3 is 5.11 Å². The van der Waals surface area contributed by atoms with E-state index < -0.39 is 5.97 Å². The second-order valence-corrected chi connectivity index (χ2v) is 8.34. The second kappa shape index (κ2) is 6.31. The Morgan fingerprint density at radius 3 is 2.44 bits per heavy atom. The van der Waals surface area contributed by atoms with Gasteiger partial charge in [-0.1, -0.05) is 41.0 Å². The molecule has 0 amide bonds. The summed E-state index contributed by atoms with van der Waals surface area (Å²) in [6.45, 7) is 11.2. The van der Waals surface area contributed by atoms with Crippen molar-refractivity contribution in [3.8, 4) is 0 Å². The lowest BCUT2D eigenvalue weighted by molar-refractivity contribution is -0.143. The Hall–Kier alpha value is -0.180. The fourth-order valence-corrected chi connectivity index (χ4v) is 4.39. The van der Waals surface area contributed by atoms with Gasteiger partial charge in [0.1, 0.15) is 0 Å². The van der Waals surface area contributed by atoms with Gasteiger partial charge in [0.2, 0.25) is 0 Å². The molecule has 0 aromatic carbocycles. The fourth-order valence-electron chi connectivity index (χ4n) is 2.91. The second-order valence-electron chi connectivity index (χ2n) is 6.52. The topological polar surface area (TPSA) is 37.3 Å². The minimum Gasteiger partial charge on any atom is -0.481 e. The lowest BCUT2D eigenvalue weighted by atomic mass is 9.67. The highest BCUT2D eigenvalue weighted by atomic mass is 32.2. The van der Waals surface area contributed by atoms with Crippen molar-refractivity contribution in [3.05, 3.63) is 0 Å². The molecule has 3 heteroatoms. The molecule has 0 aliphatic heterocycles. The van der Waals surface area contributed by atoms with Gasteiger partial charge >= 0.3 is 5.97 Å². The summed E-state index contributed by atoms with van der Waals surface area (Å²) in [5, 5.41) is 10.2. The van der Waals surface area contributed by atoms with Crippen LogP contribution in [-0.4, -0.2) is 21.6 Å². The molecule has 2 nitrogen and oxygen atoms in total. The summed E-state index contributed by atoms with van der Waals surface area (Å²) >= 11 is 1.86. The van der Waals surface area contributed by atoms with Crippen molar-refractivity contribution in [2.75, 3.05) is 0 Å². The van der Waals surface area contributed by atoms with E-state index in [1.54, 1.807) is 0 Å². The molecule has 1 saturated carbocycles. The molecule has 0 radical (unpaired) electrons. The molecule has 1 aliphatic rings. The molecule has 0 bridgehead atoms. The van der Waals surface area contributed by atoms with E-state index >= 15 is 0 Å². The lowest BCUT2D eigenvalue weighted by Crippen LogP contribution is -2.38. The third-order valence-corrected chi connectivity index (χ3v) is 5.99. The number of carboxylic acids is 1. The first-order valence-electron chi connectivity index (χ1n) is 7.16. The van der Waals surface area contributed by atoms with Crippen molar-refractivity contribution >= 4 is 17.7 Å². The quantitative estimate of drug-likeness (QED) is 0.804. The van der Waals surface area contributed by atoms with Gasteiger partial charge in [-0.25, -0.2) is 0 Å². The predicted octanol–water partition coefficient (Wildman–Crippen LogP) is 4.43. The van der Waals surface area contributed by atoms with Crippen molar-refractivity contribution in [1.29, 1.82) is 0 Å². The monoisotopic (exact) mass is 272 g/mol. The maximum atomic E-state index is 11.4. The predicted molar refractivity (Wildman–Crippen MR) is 79.1 cm³/mol. The van der Waals surface area contributed by atoms with Crippen LogP contribution in [0.1, 0.15) is 60.3 Å². The zero-order valence-electron chi connectivity index (χ0n) is 12.4. The van der Waals surface area contributed by atoms with Crippen LogP contribution in [0.4, 0.5) is 0 Å². The van der Waals surface area contributed by atoms with Crippen LogP contribution < -0.4 is 0 Å². The first kappa shape index (κ1) is 15.9. The Kier molecular flexibility index (Phi) is 5.57. The van der Waals surface area contributed by atoms with Crippen molar-refractivity contribution in [2.45, 2.75) is 70.8 Å². The van der Waals surface area contributed by atoms with E-state index in [9.17, 15) is 9.90 Å². The van der Waals surface area contributed by atoms with E-state index in [2.05, 4.69) is 34.6 Å². The zero-order chi connectivity index (χ0) is 13.9. The fraction of sp³-hybridized carbons (Fsp3) is 0.933. The van der Waals surface area contributed by atoms with Crippen LogP contribution in [0.15, 0.2) is 0 Å². The molecule has 1 rings (SSSR count). The van der Waals surface area contributed by atoms with Crippen molar-refractivity contribution in [3.63, 3.8) is 0 Å². The molecular weight excluding hydrogens is 244 g/mol. The van der Waals surface area contributed by atoms with E-state index in [0.29, 0.717) is 21.8 Å². The van der Waals surface area contributed by atoms with Gasteiger partial charge in [0, 0.05) is 5.25 Å². The van der Waals surface area contributed by atoms with Crippen LogP contribution in [0.2, 0.25) is 0 Å². The number of carbonyl (C=O) groups is 1. The number of hydrogen-bond donors (Lipinski definition) is 1. The largest absolute Gasteiger partial charge is 0.481 e. The van der Waals surface area contributed by atoms with Crippen LogP contribution >= 0.6 is 11.8 Å². The molecule has 0 aromatic heterocycles. The van der Waals surface area contributed by atoms with Gasteiger partial charge in [-0.15, -0.1) is 0 Å². The van der Waals surface area contributed by atoms with Crippen molar-refractivity contribution in [2.24, 2.45) is 17.3 Å². The molecule has 1 fully saturated rings. The first-order chi connectivity index (χ1) is 8.27. The number of hydrogen-bond acceptors (Lipinski definition) is 2. The molecule has 3 unspecified atom stereocenters. The molecular formula is C15H28O2S. The Morgan fingerprint density at radius 2 is 2.00 bits per heavy atom. The molecule has 3 atom stereocenters. The van der Waals surface area contributed by atoms with Gasteiger partial charge in [0.15, 0.2) is 0 Å². The number of thioether (sulfide) groups is 1. The normalized spacial score (nSPS) is 29.6. The highest BCUT2D eigenvalue weighted by Gasteiger charge is 2.40. The Balaban J connectivity index is 2.76. The summed E-state index contributed by atoms with van der Waals surface area (Å²) in [6, 6.07) is 0. The van der Waals surface area contributed by atoms with Crippen LogP contribution in [0.5, 0.6) is 0 Å². The molecule has 18 heavy (non-hydrogen) atoms. The Bertz CT molecular complexity index is 286. The smallest absolute Gasteiger partial charge is 0.307 e. The SMILES string of the molecule is CCC(C)(C)C1CCC(C(=O)O)C(SC(C)C)C1. The van der Waals surface area contributed by atoms with E-state index in [0.717, 1.165) is 19.3 Å². The summed E-state index contributed by atoms with van der Waals surface area (Å²) in [6.07, 6.45) is 4.18. The number of rotatable bonds is 5. The molecule has 106 valence electrons. The van der Waals surface area contributed by atoms with Gasteiger partial charge in [0.05, 0.1) is 5.92 Å². The summed E-state index contributed by atoms with van der Waals surface area (Å²) in [5.41, 5.74) is 0.346. The van der Waals surface area contributed by atoms with Crippen LogP contribution in [-0.2, 0) is 4.79 Å². The maximum absolute atomic E-state index is 11.4. The zero-order valence-corrected chi connectivity index (χ0v) is 13.2. The summed E-state index contributed by atoms with van der Waals surface area (Å²) in [4.78, 5) is 11.4. The molecule has 0 spiro atoms. The first-order valence-corrected chi connectivity index (χ1v) is 8.10. The lowest BCUT2D eigenvalue weighted by Gasteiger charge is -2.42. The molecule has 1 aliphatic carbocycles. The average molecular weight is 272 g/mol. The standard InChI is InChI=1S/C15H28O2S/c1-6-15(4,5)11-7-8-12(14(16)17)13(9-11)18-10(2)3/h10-13H,6-9H2,1-5H3,(H,16,17). The molecule has 0 heterocycles. The minimum absolute atomic E-state index is 0.138. The maximum Gasteiger partial charge on any atom is 0.307 e. The number of aliphatic carboxylic acids is 1. The van der Waals surface area contributed by atoms with Crippen LogP contribution in [0.3, 0.4) is 0 Å². The van der Waals surface area contributed by atoms with Gasteiger partial charge in [-0.05, 0) is 35.8 Å². The van der Waals surface area contributed by atoms with Crippen LogP contribution in [0, 0.1) is 17.3 Å². The van der Waals surface area contributed by atoms with Crippen molar-refractivity contribution < 1.29 is 9.90 Å². The van der Waals surface area contributed by atoms with Gasteiger partial charge in [0.25, 0.3) is 0 Å². The van der Waals surface area contributed by atoms with E-state index in [1.807, 2.05) is 11.8 Å². The Labute approximate surface area is 116 Å². The van der Waals surface area contributed by atoms with E-state index in [1.165, 1.54) is 6.42 Å². The highest BCUT2D eigenvalue weighted by Crippen LogP contribution is 2.46. The Morgan fingerprint density at radius 1 is 1.39 bits per heavy atom. The molecule has 1 N–H and O–H groups in total. The highest BCUT2D eigenvalue weighted by molar-refractivity contribution is 8.00. The molecule has 0 saturated heterocycles. The van der Waals surface area contributed by atoms with E-state index in [-0.39, 0.29) is 5.92 Å². The third kappa shape index (κ3) is 3.91. The average Bonchev–Trinajstić information content (AvgIpc) is 2.27. The summed E-state index contributed by atoms with van der Waals surface area (Å²) in [7, 11) is 0.